The van der Waals surface area contributed by atoms with Gasteiger partial charge in [-0.1, -0.05) is 6.92 Å². The molecule has 1 atom stereocenters. The van der Waals surface area contributed by atoms with Crippen molar-refractivity contribution in [3.63, 3.8) is 0 Å². The molecule has 1 rings (SSSR count). The van der Waals surface area contributed by atoms with Crippen molar-refractivity contribution in [2.45, 2.75) is 26.2 Å². The summed E-state index contributed by atoms with van der Waals surface area (Å²) in [6.45, 7) is 4.38. The third-order valence-electron chi connectivity index (χ3n) is 3.34. The van der Waals surface area contributed by atoms with Crippen LogP contribution < -0.4 is 5.32 Å². The molecule has 0 radical (unpaired) electrons. The van der Waals surface area contributed by atoms with Crippen LogP contribution in [0, 0.1) is 11.8 Å². The van der Waals surface area contributed by atoms with Crippen molar-refractivity contribution in [3.8, 4) is 0 Å². The Labute approximate surface area is 102 Å². The first-order valence-electron chi connectivity index (χ1n) is 6.17. The van der Waals surface area contributed by atoms with Crippen LogP contribution in [0.3, 0.4) is 0 Å². The van der Waals surface area contributed by atoms with E-state index < -0.39 is 11.9 Å². The van der Waals surface area contributed by atoms with Gasteiger partial charge in [0, 0.05) is 13.0 Å². The summed E-state index contributed by atoms with van der Waals surface area (Å²) in [5.41, 5.74) is 0. The van der Waals surface area contributed by atoms with E-state index in [1.54, 1.807) is 6.92 Å². The van der Waals surface area contributed by atoms with Gasteiger partial charge in [0.2, 0.25) is 5.91 Å². The van der Waals surface area contributed by atoms with E-state index >= 15 is 0 Å². The maximum atomic E-state index is 11.5. The molecule has 0 saturated carbocycles. The van der Waals surface area contributed by atoms with Gasteiger partial charge in [0.25, 0.3) is 0 Å². The molecule has 98 valence electrons. The number of carbonyl (C=O) groups is 2. The molecule has 1 amide bonds. The van der Waals surface area contributed by atoms with Crippen LogP contribution >= 0.6 is 0 Å². The zero-order chi connectivity index (χ0) is 12.8. The van der Waals surface area contributed by atoms with E-state index in [1.807, 2.05) is 0 Å². The van der Waals surface area contributed by atoms with Crippen molar-refractivity contribution in [3.05, 3.63) is 0 Å². The fraction of sp³-hybridized carbons (Fsp3) is 0.833. The monoisotopic (exact) mass is 242 g/mol. The number of nitrogens with one attached hydrogen (secondary N) is 1. The molecule has 17 heavy (non-hydrogen) atoms. The summed E-state index contributed by atoms with van der Waals surface area (Å²) < 4.78 is 0. The molecule has 0 bridgehead atoms. The van der Waals surface area contributed by atoms with Crippen molar-refractivity contribution in [1.29, 1.82) is 0 Å². The van der Waals surface area contributed by atoms with Crippen molar-refractivity contribution in [2.75, 3.05) is 26.7 Å². The van der Waals surface area contributed by atoms with Gasteiger partial charge in [-0.2, -0.15) is 0 Å². The Morgan fingerprint density at radius 2 is 2.00 bits per heavy atom. The van der Waals surface area contributed by atoms with E-state index in [0.29, 0.717) is 12.5 Å². The zero-order valence-electron chi connectivity index (χ0n) is 10.6. The molecule has 1 aliphatic heterocycles. The fourth-order valence-electron chi connectivity index (χ4n) is 1.96. The Kier molecular flexibility index (Phi) is 5.41. The first-order valence-corrected chi connectivity index (χ1v) is 6.17. The van der Waals surface area contributed by atoms with Crippen molar-refractivity contribution in [2.24, 2.45) is 11.8 Å². The van der Waals surface area contributed by atoms with E-state index in [9.17, 15) is 9.59 Å². The quantitative estimate of drug-likeness (QED) is 0.739. The number of rotatable bonds is 5. The van der Waals surface area contributed by atoms with Crippen molar-refractivity contribution in [1.82, 2.24) is 10.2 Å². The molecule has 2 N–H and O–H groups in total. The number of carboxylic acid groups (broad SMARTS) is 1. The van der Waals surface area contributed by atoms with Gasteiger partial charge in [-0.25, -0.2) is 0 Å². The smallest absolute Gasteiger partial charge is 0.306 e. The number of piperidine rings is 1. The standard InChI is InChI=1S/C12H22N2O3/c1-9(12(16)17)7-11(15)13-8-10-3-5-14(2)6-4-10/h9-10H,3-8H2,1-2H3,(H,13,15)(H,16,17). The first-order chi connectivity index (χ1) is 7.99. The van der Waals surface area contributed by atoms with Crippen LogP contribution in [0.2, 0.25) is 0 Å². The molecule has 1 aliphatic rings. The zero-order valence-corrected chi connectivity index (χ0v) is 10.6. The van der Waals surface area contributed by atoms with Crippen LogP contribution in [-0.2, 0) is 9.59 Å². The highest BCUT2D eigenvalue weighted by atomic mass is 16.4. The highest BCUT2D eigenvalue weighted by molar-refractivity contribution is 5.81. The summed E-state index contributed by atoms with van der Waals surface area (Å²) in [7, 11) is 2.10. The lowest BCUT2D eigenvalue weighted by Gasteiger charge is -2.29. The molecule has 0 aromatic rings. The van der Waals surface area contributed by atoms with E-state index in [4.69, 9.17) is 5.11 Å². The molecular weight excluding hydrogens is 220 g/mol. The lowest BCUT2D eigenvalue weighted by Crippen LogP contribution is -2.37. The largest absolute Gasteiger partial charge is 0.481 e. The SMILES string of the molecule is CC(CC(=O)NCC1CCN(C)CC1)C(=O)O. The third-order valence-corrected chi connectivity index (χ3v) is 3.34. The number of carbonyl (C=O) groups excluding carboxylic acids is 1. The predicted molar refractivity (Wildman–Crippen MR) is 64.6 cm³/mol. The third kappa shape index (κ3) is 5.17. The molecule has 1 unspecified atom stereocenters. The molecule has 0 aliphatic carbocycles. The summed E-state index contributed by atoms with van der Waals surface area (Å²) in [6.07, 6.45) is 2.28. The van der Waals surface area contributed by atoms with Crippen LogP contribution in [0.1, 0.15) is 26.2 Å². The van der Waals surface area contributed by atoms with E-state index in [2.05, 4.69) is 17.3 Å². The number of likely N-dealkylation sites (tertiary alicyclic amines) is 1. The first kappa shape index (κ1) is 14.0. The Hall–Kier alpha value is -1.10. The molecule has 1 saturated heterocycles. The van der Waals surface area contributed by atoms with Gasteiger partial charge in [-0.15, -0.1) is 0 Å². The number of hydrogen-bond donors (Lipinski definition) is 2. The minimum absolute atomic E-state index is 0.0714. The average molecular weight is 242 g/mol. The Bertz CT molecular complexity index is 273. The van der Waals surface area contributed by atoms with Crippen molar-refractivity contribution < 1.29 is 14.7 Å². The fourth-order valence-corrected chi connectivity index (χ4v) is 1.96. The molecule has 1 fully saturated rings. The molecule has 0 aromatic heterocycles. The summed E-state index contributed by atoms with van der Waals surface area (Å²) >= 11 is 0. The van der Waals surface area contributed by atoms with Crippen LogP contribution in [0.5, 0.6) is 0 Å². The highest BCUT2D eigenvalue weighted by Crippen LogP contribution is 2.14. The van der Waals surface area contributed by atoms with Gasteiger partial charge in [-0.05, 0) is 38.9 Å². The number of hydrogen-bond acceptors (Lipinski definition) is 3. The predicted octanol–water partition coefficient (Wildman–Crippen LogP) is 0.555. The molecule has 0 spiro atoms. The molecular formula is C12H22N2O3. The van der Waals surface area contributed by atoms with Gasteiger partial charge < -0.3 is 15.3 Å². The second-order valence-corrected chi connectivity index (χ2v) is 4.99. The summed E-state index contributed by atoms with van der Waals surface area (Å²) in [5.74, 6) is -1.14. The Morgan fingerprint density at radius 1 is 1.41 bits per heavy atom. The molecule has 5 nitrogen and oxygen atoms in total. The lowest BCUT2D eigenvalue weighted by molar-refractivity contribution is -0.143. The second kappa shape index (κ2) is 6.59. The van der Waals surface area contributed by atoms with Gasteiger partial charge in [0.1, 0.15) is 0 Å². The topological polar surface area (TPSA) is 69.6 Å². The molecule has 1 heterocycles. The Morgan fingerprint density at radius 3 is 2.53 bits per heavy atom. The second-order valence-electron chi connectivity index (χ2n) is 4.99. The van der Waals surface area contributed by atoms with Crippen LogP contribution in [0.4, 0.5) is 0 Å². The van der Waals surface area contributed by atoms with Gasteiger partial charge in [-0.3, -0.25) is 9.59 Å². The number of amides is 1. The number of aliphatic carboxylic acids is 1. The van der Waals surface area contributed by atoms with E-state index in [1.165, 1.54) is 0 Å². The summed E-state index contributed by atoms with van der Waals surface area (Å²) in [4.78, 5) is 24.4. The minimum atomic E-state index is -0.917. The summed E-state index contributed by atoms with van der Waals surface area (Å²) in [6, 6.07) is 0. The lowest BCUT2D eigenvalue weighted by atomic mass is 9.97. The maximum Gasteiger partial charge on any atom is 0.306 e. The maximum absolute atomic E-state index is 11.5. The highest BCUT2D eigenvalue weighted by Gasteiger charge is 2.19. The van der Waals surface area contributed by atoms with Crippen LogP contribution in [0.15, 0.2) is 0 Å². The minimum Gasteiger partial charge on any atom is -0.481 e. The van der Waals surface area contributed by atoms with Crippen LogP contribution in [-0.4, -0.2) is 48.6 Å². The summed E-state index contributed by atoms with van der Waals surface area (Å²) in [5, 5.41) is 11.5. The number of nitrogens with zero attached hydrogens (tertiary/aromatic N) is 1. The van der Waals surface area contributed by atoms with Gasteiger partial charge in [0.05, 0.1) is 5.92 Å². The van der Waals surface area contributed by atoms with Gasteiger partial charge in [0.15, 0.2) is 0 Å². The number of carboxylic acids is 1. The van der Waals surface area contributed by atoms with Crippen molar-refractivity contribution >= 4 is 11.9 Å². The van der Waals surface area contributed by atoms with E-state index in [0.717, 1.165) is 25.9 Å². The van der Waals surface area contributed by atoms with Gasteiger partial charge >= 0.3 is 5.97 Å². The molecule has 0 aromatic carbocycles. The Balaban J connectivity index is 2.17. The van der Waals surface area contributed by atoms with E-state index in [-0.39, 0.29) is 12.3 Å². The molecule has 5 heteroatoms. The normalized spacial score (nSPS) is 19.9. The average Bonchev–Trinajstić information content (AvgIpc) is 2.28. The van der Waals surface area contributed by atoms with Crippen LogP contribution in [0.25, 0.3) is 0 Å².